The van der Waals surface area contributed by atoms with Crippen LogP contribution in [0.1, 0.15) is 55.1 Å². The lowest BCUT2D eigenvalue weighted by molar-refractivity contribution is -0.128. The highest BCUT2D eigenvalue weighted by Gasteiger charge is 2.14. The second-order valence-corrected chi connectivity index (χ2v) is 8.33. The number of esters is 1. The summed E-state index contributed by atoms with van der Waals surface area (Å²) >= 11 is 0. The van der Waals surface area contributed by atoms with Crippen molar-refractivity contribution in [1.29, 1.82) is 0 Å². The first-order chi connectivity index (χ1) is 15.2. The summed E-state index contributed by atoms with van der Waals surface area (Å²) in [6.07, 6.45) is 3.02. The Hall–Kier alpha value is -3.67. The molecule has 0 atom stereocenters. The predicted octanol–water partition coefficient (Wildman–Crippen LogP) is 4.92. The van der Waals surface area contributed by atoms with Crippen LogP contribution in [0, 0.1) is 5.92 Å². The maximum absolute atomic E-state index is 12.2. The van der Waals surface area contributed by atoms with Crippen LogP contribution in [0.5, 0.6) is 5.75 Å². The van der Waals surface area contributed by atoms with E-state index in [1.165, 1.54) is 23.8 Å². The number of nitrogens with one attached hydrogen (secondary N) is 1. The number of rotatable bonds is 7. The maximum atomic E-state index is 12.2. The molecule has 6 nitrogen and oxygen atoms in total. The number of benzene rings is 2. The second-order valence-electron chi connectivity index (χ2n) is 8.33. The Morgan fingerprint density at radius 2 is 1.75 bits per heavy atom. The van der Waals surface area contributed by atoms with Crippen molar-refractivity contribution in [3.63, 3.8) is 0 Å². The highest BCUT2D eigenvalue weighted by Crippen LogP contribution is 2.21. The van der Waals surface area contributed by atoms with Crippen LogP contribution in [0.4, 0.5) is 0 Å². The Balaban J connectivity index is 1.71. The number of hydrogen-bond acceptors (Lipinski definition) is 5. The summed E-state index contributed by atoms with van der Waals surface area (Å²) in [5, 5.41) is 3.26. The molecule has 0 spiro atoms. The Labute approximate surface area is 186 Å². The van der Waals surface area contributed by atoms with Crippen molar-refractivity contribution >= 4 is 28.9 Å². The van der Waals surface area contributed by atoms with Crippen LogP contribution >= 0.6 is 0 Å². The first kappa shape index (κ1) is 23.0. The van der Waals surface area contributed by atoms with E-state index in [4.69, 9.17) is 9.15 Å². The van der Waals surface area contributed by atoms with Crippen molar-refractivity contribution in [2.24, 2.45) is 5.92 Å². The highest BCUT2D eigenvalue weighted by molar-refractivity contribution is 5.97. The first-order valence-corrected chi connectivity index (χ1v) is 10.6. The molecule has 6 heteroatoms. The standard InChI is InChI=1S/C26H27NO5/c1-16(2)15-27-25(29)22-13-20-10-11-21(14-23(20)32-26(22)30)31-24(28)12-7-18-5-8-19(9-6-18)17(3)4/h5-14,16-17H,15H2,1-4H3,(H,27,29)/b12-7+. The minimum atomic E-state index is -0.744. The molecule has 2 aromatic carbocycles. The van der Waals surface area contributed by atoms with Gasteiger partial charge in [0.15, 0.2) is 0 Å². The fourth-order valence-electron chi connectivity index (χ4n) is 3.01. The van der Waals surface area contributed by atoms with Crippen LogP contribution in [0.3, 0.4) is 0 Å². The number of hydrogen-bond donors (Lipinski definition) is 1. The molecule has 0 fully saturated rings. The molecule has 0 unspecified atom stereocenters. The third kappa shape index (κ3) is 5.94. The molecule has 0 bridgehead atoms. The largest absolute Gasteiger partial charge is 0.423 e. The van der Waals surface area contributed by atoms with E-state index in [9.17, 15) is 14.4 Å². The summed E-state index contributed by atoms with van der Waals surface area (Å²) in [7, 11) is 0. The first-order valence-electron chi connectivity index (χ1n) is 10.6. The predicted molar refractivity (Wildman–Crippen MR) is 125 cm³/mol. The molecular weight excluding hydrogens is 406 g/mol. The van der Waals surface area contributed by atoms with Crippen molar-refractivity contribution in [1.82, 2.24) is 5.32 Å². The van der Waals surface area contributed by atoms with Crippen molar-refractivity contribution in [2.75, 3.05) is 6.54 Å². The van der Waals surface area contributed by atoms with Crippen molar-refractivity contribution in [3.05, 3.63) is 81.7 Å². The molecule has 0 aliphatic heterocycles. The minimum Gasteiger partial charge on any atom is -0.423 e. The summed E-state index contributed by atoms with van der Waals surface area (Å²) in [5.41, 5.74) is 1.54. The summed E-state index contributed by atoms with van der Waals surface area (Å²) < 4.78 is 10.6. The molecule has 1 aromatic heterocycles. The second kappa shape index (κ2) is 10.1. The van der Waals surface area contributed by atoms with Gasteiger partial charge in [-0.05, 0) is 47.2 Å². The zero-order valence-electron chi connectivity index (χ0n) is 18.7. The third-order valence-corrected chi connectivity index (χ3v) is 4.86. The molecule has 0 aliphatic rings. The molecule has 166 valence electrons. The van der Waals surface area contributed by atoms with Gasteiger partial charge in [0.1, 0.15) is 16.9 Å². The van der Waals surface area contributed by atoms with E-state index >= 15 is 0 Å². The molecule has 0 saturated carbocycles. The third-order valence-electron chi connectivity index (χ3n) is 4.86. The number of carbonyl (C=O) groups is 2. The number of amides is 1. The zero-order valence-corrected chi connectivity index (χ0v) is 18.7. The Kier molecular flexibility index (Phi) is 7.25. The van der Waals surface area contributed by atoms with Crippen LogP contribution in [-0.4, -0.2) is 18.4 Å². The number of fused-ring (bicyclic) bond motifs is 1. The summed E-state index contributed by atoms with van der Waals surface area (Å²) in [6, 6.07) is 14.1. The Morgan fingerprint density at radius 3 is 2.41 bits per heavy atom. The Bertz CT molecular complexity index is 1200. The molecule has 32 heavy (non-hydrogen) atoms. The van der Waals surface area contributed by atoms with Crippen LogP contribution < -0.4 is 15.7 Å². The van der Waals surface area contributed by atoms with Gasteiger partial charge >= 0.3 is 11.6 Å². The molecule has 0 aliphatic carbocycles. The van der Waals surface area contributed by atoms with Gasteiger partial charge in [-0.25, -0.2) is 9.59 Å². The number of ether oxygens (including phenoxy) is 1. The summed E-state index contributed by atoms with van der Waals surface area (Å²) in [4.78, 5) is 36.6. The molecule has 1 N–H and O–H groups in total. The van der Waals surface area contributed by atoms with Gasteiger partial charge in [-0.1, -0.05) is 52.0 Å². The van der Waals surface area contributed by atoms with Gasteiger partial charge in [-0.2, -0.15) is 0 Å². The van der Waals surface area contributed by atoms with Crippen LogP contribution in [-0.2, 0) is 4.79 Å². The molecular formula is C26H27NO5. The highest BCUT2D eigenvalue weighted by atomic mass is 16.5. The van der Waals surface area contributed by atoms with Gasteiger partial charge in [-0.15, -0.1) is 0 Å². The van der Waals surface area contributed by atoms with Crippen molar-refractivity contribution in [2.45, 2.75) is 33.6 Å². The molecule has 0 saturated heterocycles. The number of carbonyl (C=O) groups excluding carboxylic acids is 2. The molecule has 1 amide bonds. The molecule has 1 heterocycles. The fraction of sp³-hybridized carbons (Fsp3) is 0.269. The monoisotopic (exact) mass is 433 g/mol. The van der Waals surface area contributed by atoms with Gasteiger partial charge in [-0.3, -0.25) is 4.79 Å². The average molecular weight is 434 g/mol. The molecule has 3 rings (SSSR count). The zero-order chi connectivity index (χ0) is 23.3. The van der Waals surface area contributed by atoms with Crippen LogP contribution in [0.15, 0.2) is 63.8 Å². The minimum absolute atomic E-state index is 0.0608. The van der Waals surface area contributed by atoms with E-state index in [0.717, 1.165) is 5.56 Å². The lowest BCUT2D eigenvalue weighted by Gasteiger charge is -2.08. The van der Waals surface area contributed by atoms with E-state index in [1.54, 1.807) is 18.2 Å². The maximum Gasteiger partial charge on any atom is 0.349 e. The quantitative estimate of drug-likeness (QED) is 0.247. The molecule has 0 radical (unpaired) electrons. The van der Waals surface area contributed by atoms with Crippen molar-refractivity contribution in [3.8, 4) is 5.75 Å². The van der Waals surface area contributed by atoms with E-state index in [2.05, 4.69) is 19.2 Å². The van der Waals surface area contributed by atoms with E-state index < -0.39 is 17.5 Å². The summed E-state index contributed by atoms with van der Waals surface area (Å²) in [6.45, 7) is 8.63. The SMILES string of the molecule is CC(C)CNC(=O)c1cc2ccc(OC(=O)/C=C/c3ccc(C(C)C)cc3)cc2oc1=O. The van der Waals surface area contributed by atoms with Crippen molar-refractivity contribution < 1.29 is 18.7 Å². The Morgan fingerprint density at radius 1 is 1.03 bits per heavy atom. The van der Waals surface area contributed by atoms with Crippen LogP contribution in [0.25, 0.3) is 17.0 Å². The topological polar surface area (TPSA) is 85.6 Å². The molecule has 3 aromatic rings. The van der Waals surface area contributed by atoms with E-state index in [-0.39, 0.29) is 22.8 Å². The van der Waals surface area contributed by atoms with Crippen LogP contribution in [0.2, 0.25) is 0 Å². The van der Waals surface area contributed by atoms with E-state index in [0.29, 0.717) is 17.8 Å². The van der Waals surface area contributed by atoms with Gasteiger partial charge in [0, 0.05) is 24.1 Å². The normalized spacial score (nSPS) is 11.4. The van der Waals surface area contributed by atoms with Gasteiger partial charge in [0.25, 0.3) is 5.91 Å². The summed E-state index contributed by atoms with van der Waals surface area (Å²) in [5.74, 6) is -0.0863. The van der Waals surface area contributed by atoms with Gasteiger partial charge in [0.05, 0.1) is 0 Å². The lowest BCUT2D eigenvalue weighted by atomic mass is 10.0. The average Bonchev–Trinajstić information content (AvgIpc) is 2.75. The lowest BCUT2D eigenvalue weighted by Crippen LogP contribution is -2.31. The fourth-order valence-corrected chi connectivity index (χ4v) is 3.01. The van der Waals surface area contributed by atoms with Gasteiger partial charge in [0.2, 0.25) is 0 Å². The smallest absolute Gasteiger partial charge is 0.349 e. The van der Waals surface area contributed by atoms with Gasteiger partial charge < -0.3 is 14.5 Å². The van der Waals surface area contributed by atoms with E-state index in [1.807, 2.05) is 38.1 Å².